The summed E-state index contributed by atoms with van der Waals surface area (Å²) < 4.78 is 65.3. The third-order valence-corrected chi connectivity index (χ3v) is 8.40. The Balaban J connectivity index is 2.09. The number of hydrogen-bond acceptors (Lipinski definition) is 12. The molecule has 2 unspecified atom stereocenters. The van der Waals surface area contributed by atoms with Gasteiger partial charge in [-0.15, -0.1) is 0 Å². The van der Waals surface area contributed by atoms with Crippen molar-refractivity contribution in [3.8, 4) is 0 Å². The fourth-order valence-electron chi connectivity index (χ4n) is 3.01. The molecule has 2 rings (SSSR count). The Morgan fingerprint density at radius 1 is 1.22 bits per heavy atom. The van der Waals surface area contributed by atoms with E-state index in [1.807, 2.05) is 6.92 Å². The number of ether oxygens (including phenoxy) is 1. The molecule has 1 fully saturated rings. The predicted octanol–water partition coefficient (Wildman–Crippen LogP) is 0.0218. The second-order valence-corrected chi connectivity index (χ2v) is 12.0. The standard InChI is InChI=1S/C15H25FN3O15P3/c1-2-3-4-5-11(20)17-10-6-7-19(14(22)18-10)13-15(16,23)12(21)9(32-13)8-31-36(27,28)34-37(29,30)33-35(24,25)26/h6-7,9,12-13,21,23H,2-5,8H2,1H3,(H,27,28)(H,29,30)(H2,24,25,26)(H,17,18,20,22)/t9-,12-,13-,15-/m1/s1. The van der Waals surface area contributed by atoms with Crippen LogP contribution in [0, 0.1) is 0 Å². The lowest BCUT2D eigenvalue weighted by atomic mass is 10.1. The van der Waals surface area contributed by atoms with E-state index in [1.54, 1.807) is 0 Å². The smallest absolute Gasteiger partial charge is 0.384 e. The molecule has 212 valence electrons. The van der Waals surface area contributed by atoms with Gasteiger partial charge in [0.25, 0.3) is 5.85 Å². The predicted molar refractivity (Wildman–Crippen MR) is 117 cm³/mol. The maximum atomic E-state index is 14.9. The minimum atomic E-state index is -5.84. The summed E-state index contributed by atoms with van der Waals surface area (Å²) in [6, 6.07) is 1.07. The van der Waals surface area contributed by atoms with Gasteiger partial charge in [0.1, 0.15) is 18.0 Å². The molecule has 0 bridgehead atoms. The molecule has 0 aliphatic carbocycles. The number of phosphoric acid groups is 3. The third kappa shape index (κ3) is 9.37. The second kappa shape index (κ2) is 12.2. The van der Waals surface area contributed by atoms with Crippen molar-refractivity contribution in [1.29, 1.82) is 0 Å². The van der Waals surface area contributed by atoms with Crippen molar-refractivity contribution < 1.29 is 70.5 Å². The van der Waals surface area contributed by atoms with Crippen molar-refractivity contribution in [3.05, 3.63) is 22.7 Å². The summed E-state index contributed by atoms with van der Waals surface area (Å²) >= 11 is 0. The fourth-order valence-corrected chi connectivity index (χ4v) is 6.04. The van der Waals surface area contributed by atoms with E-state index in [1.165, 1.54) is 0 Å². The summed E-state index contributed by atoms with van der Waals surface area (Å²) in [4.78, 5) is 63.3. The Morgan fingerprint density at radius 2 is 1.86 bits per heavy atom. The van der Waals surface area contributed by atoms with Gasteiger partial charge in [-0.05, 0) is 12.5 Å². The first-order chi connectivity index (χ1) is 16.9. The number of anilines is 1. The van der Waals surface area contributed by atoms with Gasteiger partial charge in [0.2, 0.25) is 5.91 Å². The number of rotatable bonds is 13. The quantitative estimate of drug-likeness (QED) is 0.116. The number of aliphatic hydroxyl groups excluding tert-OH is 1. The molecule has 6 atom stereocenters. The highest BCUT2D eigenvalue weighted by Gasteiger charge is 2.58. The van der Waals surface area contributed by atoms with Gasteiger partial charge < -0.3 is 39.8 Å². The molecule has 1 aromatic heterocycles. The highest BCUT2D eigenvalue weighted by Crippen LogP contribution is 2.66. The molecule has 18 nitrogen and oxygen atoms in total. The molecule has 7 N–H and O–H groups in total. The molecule has 0 aromatic carbocycles. The monoisotopic (exact) mass is 599 g/mol. The van der Waals surface area contributed by atoms with Crippen LogP contribution in [0.5, 0.6) is 0 Å². The number of aliphatic hydroxyl groups is 2. The van der Waals surface area contributed by atoms with Crippen molar-refractivity contribution in [2.75, 3.05) is 11.9 Å². The van der Waals surface area contributed by atoms with E-state index >= 15 is 0 Å². The highest BCUT2D eigenvalue weighted by atomic mass is 31.3. The molecule has 0 spiro atoms. The van der Waals surface area contributed by atoms with Gasteiger partial charge >= 0.3 is 29.2 Å². The number of phosphoric ester groups is 1. The Labute approximate surface area is 207 Å². The van der Waals surface area contributed by atoms with Crippen LogP contribution in [0.25, 0.3) is 0 Å². The van der Waals surface area contributed by atoms with Crippen LogP contribution in [0.4, 0.5) is 10.2 Å². The van der Waals surface area contributed by atoms with E-state index in [4.69, 9.17) is 19.4 Å². The molecule has 37 heavy (non-hydrogen) atoms. The molecule has 1 aliphatic heterocycles. The number of alkyl halides is 1. The van der Waals surface area contributed by atoms with Crippen LogP contribution in [-0.2, 0) is 36.4 Å². The summed E-state index contributed by atoms with van der Waals surface area (Å²) in [5.41, 5.74) is -1.23. The Kier molecular flexibility index (Phi) is 10.5. The van der Waals surface area contributed by atoms with Crippen LogP contribution in [0.15, 0.2) is 17.1 Å². The number of nitrogens with zero attached hydrogens (tertiary/aromatic N) is 2. The average Bonchev–Trinajstić information content (AvgIpc) is 2.93. The molecular weight excluding hydrogens is 574 g/mol. The van der Waals surface area contributed by atoms with E-state index in [0.29, 0.717) is 11.0 Å². The topological polar surface area (TPSA) is 273 Å². The molecule has 1 aliphatic rings. The van der Waals surface area contributed by atoms with Crippen LogP contribution in [0.2, 0.25) is 0 Å². The van der Waals surface area contributed by atoms with Crippen LogP contribution >= 0.6 is 23.5 Å². The normalized spacial score (nSPS) is 27.4. The highest BCUT2D eigenvalue weighted by molar-refractivity contribution is 7.66. The van der Waals surface area contributed by atoms with Gasteiger partial charge in [-0.1, -0.05) is 19.8 Å². The summed E-state index contributed by atoms with van der Waals surface area (Å²) in [5.74, 6) is -4.31. The average molecular weight is 599 g/mol. The van der Waals surface area contributed by atoms with Gasteiger partial charge in [-0.3, -0.25) is 13.9 Å². The number of carbonyl (C=O) groups is 1. The zero-order chi connectivity index (χ0) is 28.2. The number of hydrogen-bond donors (Lipinski definition) is 7. The number of nitrogens with one attached hydrogen (secondary N) is 1. The molecule has 1 saturated heterocycles. The largest absolute Gasteiger partial charge is 0.490 e. The van der Waals surface area contributed by atoms with E-state index in [-0.39, 0.29) is 12.2 Å². The number of halogens is 1. The molecular formula is C15H25FN3O15P3. The van der Waals surface area contributed by atoms with Crippen LogP contribution < -0.4 is 11.0 Å². The Morgan fingerprint density at radius 3 is 2.43 bits per heavy atom. The minimum Gasteiger partial charge on any atom is -0.384 e. The van der Waals surface area contributed by atoms with Gasteiger partial charge in [-0.2, -0.15) is 13.6 Å². The Bertz CT molecular complexity index is 1170. The lowest BCUT2D eigenvalue weighted by Gasteiger charge is -2.23. The van der Waals surface area contributed by atoms with E-state index in [9.17, 15) is 42.8 Å². The SMILES string of the molecule is CCCCCC(=O)Nc1ccn([C@@H]2O[C@H](COP(=O)(O)OP(=O)(O)OP(=O)(O)O)[C@@H](O)[C@]2(O)F)c(=O)n1. The summed E-state index contributed by atoms with van der Waals surface area (Å²) in [6.07, 6.45) is -3.45. The van der Waals surface area contributed by atoms with Crippen LogP contribution in [-0.4, -0.2) is 69.9 Å². The summed E-state index contributed by atoms with van der Waals surface area (Å²) in [6.45, 7) is 0.639. The number of amides is 1. The first-order valence-electron chi connectivity index (χ1n) is 10.3. The van der Waals surface area contributed by atoms with Crippen LogP contribution in [0.1, 0.15) is 38.8 Å². The third-order valence-electron chi connectivity index (χ3n) is 4.59. The fraction of sp³-hybridized carbons (Fsp3) is 0.667. The Hall–Kier alpha value is -1.43. The molecule has 1 aromatic rings. The molecule has 0 saturated carbocycles. The lowest BCUT2D eigenvalue weighted by molar-refractivity contribution is -0.197. The molecule has 1 amide bonds. The van der Waals surface area contributed by atoms with E-state index < -0.39 is 66.0 Å². The van der Waals surface area contributed by atoms with Crippen molar-refractivity contribution in [2.45, 2.75) is 56.9 Å². The maximum absolute atomic E-state index is 14.9. The molecule has 2 heterocycles. The van der Waals surface area contributed by atoms with Crippen LogP contribution in [0.3, 0.4) is 0 Å². The van der Waals surface area contributed by atoms with Crippen molar-refractivity contribution in [1.82, 2.24) is 9.55 Å². The summed E-state index contributed by atoms with van der Waals surface area (Å²) in [7, 11) is -17.1. The maximum Gasteiger partial charge on any atom is 0.490 e. The first kappa shape index (κ1) is 31.8. The van der Waals surface area contributed by atoms with Gasteiger partial charge in [-0.25, -0.2) is 22.9 Å². The number of aromatic nitrogens is 2. The number of carbonyl (C=O) groups excluding carboxylic acids is 1. The van der Waals surface area contributed by atoms with Gasteiger partial charge in [0.05, 0.1) is 6.61 Å². The van der Waals surface area contributed by atoms with E-state index in [2.05, 4.69) is 23.4 Å². The minimum absolute atomic E-state index is 0.165. The van der Waals surface area contributed by atoms with E-state index in [0.717, 1.165) is 25.1 Å². The second-order valence-electron chi connectivity index (χ2n) is 7.59. The first-order valence-corrected chi connectivity index (χ1v) is 14.8. The summed E-state index contributed by atoms with van der Waals surface area (Å²) in [5, 5.41) is 22.4. The molecule has 0 radical (unpaired) electrons. The zero-order valence-electron chi connectivity index (χ0n) is 18.9. The van der Waals surface area contributed by atoms with Gasteiger partial charge in [0.15, 0.2) is 6.23 Å². The number of unbranched alkanes of at least 4 members (excludes halogenated alkanes) is 2. The van der Waals surface area contributed by atoms with Crippen molar-refractivity contribution in [3.63, 3.8) is 0 Å². The van der Waals surface area contributed by atoms with Gasteiger partial charge in [0, 0.05) is 12.6 Å². The molecule has 22 heteroatoms. The zero-order valence-corrected chi connectivity index (χ0v) is 21.6. The lowest BCUT2D eigenvalue weighted by Crippen LogP contribution is -2.45. The van der Waals surface area contributed by atoms with Crippen molar-refractivity contribution in [2.24, 2.45) is 0 Å². The van der Waals surface area contributed by atoms with Crippen molar-refractivity contribution >= 4 is 35.2 Å².